The molecule has 0 radical (unpaired) electrons. The summed E-state index contributed by atoms with van der Waals surface area (Å²) in [6, 6.07) is 18.6. The second-order valence-electron chi connectivity index (χ2n) is 6.70. The number of likely N-dealkylation sites (tertiary alicyclic amines) is 1. The highest BCUT2D eigenvalue weighted by Gasteiger charge is 2.34. The molecule has 0 spiro atoms. The van der Waals surface area contributed by atoms with Gasteiger partial charge in [-0.3, -0.25) is 4.90 Å². The lowest BCUT2D eigenvalue weighted by molar-refractivity contribution is -0.143. The molecule has 1 aliphatic rings. The van der Waals surface area contributed by atoms with Crippen molar-refractivity contribution < 1.29 is 13.2 Å². The molecule has 0 amide bonds. The first kappa shape index (κ1) is 18.0. The quantitative estimate of drug-likeness (QED) is 0.836. The summed E-state index contributed by atoms with van der Waals surface area (Å²) in [5.74, 6) is 0.291. The summed E-state index contributed by atoms with van der Waals surface area (Å²) in [5.41, 5.74) is 3.55. The summed E-state index contributed by atoms with van der Waals surface area (Å²) < 4.78 is 37.3. The van der Waals surface area contributed by atoms with E-state index in [2.05, 4.69) is 35.6 Å². The van der Waals surface area contributed by atoms with Crippen molar-refractivity contribution in [3.8, 4) is 11.1 Å². The van der Waals surface area contributed by atoms with Gasteiger partial charge in [0.2, 0.25) is 0 Å². The minimum atomic E-state index is -4.10. The van der Waals surface area contributed by atoms with Crippen LogP contribution in [0.4, 0.5) is 13.2 Å². The number of alkyl halides is 3. The van der Waals surface area contributed by atoms with E-state index in [1.807, 2.05) is 24.3 Å². The zero-order valence-electron chi connectivity index (χ0n) is 14.1. The summed E-state index contributed by atoms with van der Waals surface area (Å²) in [7, 11) is 0. The van der Waals surface area contributed by atoms with Crippen molar-refractivity contribution in [2.75, 3.05) is 26.2 Å². The number of benzene rings is 2. The van der Waals surface area contributed by atoms with Crippen molar-refractivity contribution >= 4 is 0 Å². The molecule has 2 nitrogen and oxygen atoms in total. The van der Waals surface area contributed by atoms with Crippen molar-refractivity contribution in [2.45, 2.75) is 19.1 Å². The maximum atomic E-state index is 12.4. The Labute approximate surface area is 146 Å². The molecule has 0 saturated carbocycles. The molecule has 1 atom stereocenters. The van der Waals surface area contributed by atoms with E-state index in [1.54, 1.807) is 0 Å². The van der Waals surface area contributed by atoms with Crippen LogP contribution in [0.15, 0.2) is 54.6 Å². The van der Waals surface area contributed by atoms with Crippen LogP contribution in [0.1, 0.15) is 12.0 Å². The minimum Gasteiger partial charge on any atom is -0.312 e. The van der Waals surface area contributed by atoms with Gasteiger partial charge in [-0.15, -0.1) is 0 Å². The zero-order valence-corrected chi connectivity index (χ0v) is 14.1. The lowest BCUT2D eigenvalue weighted by Crippen LogP contribution is -2.33. The van der Waals surface area contributed by atoms with Gasteiger partial charge in [0.1, 0.15) is 0 Å². The largest absolute Gasteiger partial charge is 0.401 e. The number of nitrogens with zero attached hydrogens (tertiary/aromatic N) is 1. The summed E-state index contributed by atoms with van der Waals surface area (Å²) >= 11 is 0. The van der Waals surface area contributed by atoms with E-state index in [0.717, 1.165) is 19.5 Å². The molecule has 1 N–H and O–H groups in total. The Morgan fingerprint density at radius 2 is 1.76 bits per heavy atom. The molecule has 0 bridgehead atoms. The number of halogens is 3. The van der Waals surface area contributed by atoms with Gasteiger partial charge < -0.3 is 5.32 Å². The van der Waals surface area contributed by atoms with Crippen molar-refractivity contribution in [1.29, 1.82) is 0 Å². The van der Waals surface area contributed by atoms with Crippen LogP contribution < -0.4 is 5.32 Å². The molecule has 1 fully saturated rings. The van der Waals surface area contributed by atoms with Gasteiger partial charge in [-0.05, 0) is 48.2 Å². The summed E-state index contributed by atoms with van der Waals surface area (Å²) in [5, 5.41) is 3.40. The molecule has 2 aromatic carbocycles. The highest BCUT2D eigenvalue weighted by molar-refractivity contribution is 5.63. The van der Waals surface area contributed by atoms with E-state index in [0.29, 0.717) is 19.0 Å². The van der Waals surface area contributed by atoms with E-state index >= 15 is 0 Å². The molecule has 0 aromatic heterocycles. The van der Waals surface area contributed by atoms with Gasteiger partial charge in [0.15, 0.2) is 0 Å². The molecule has 2 aromatic rings. The fourth-order valence-electron chi connectivity index (χ4n) is 3.39. The molecule has 1 aliphatic heterocycles. The molecule has 1 unspecified atom stereocenters. The van der Waals surface area contributed by atoms with Crippen molar-refractivity contribution in [1.82, 2.24) is 10.2 Å². The van der Waals surface area contributed by atoms with Crippen LogP contribution in [-0.2, 0) is 6.54 Å². The van der Waals surface area contributed by atoms with E-state index < -0.39 is 12.7 Å². The Morgan fingerprint density at radius 3 is 2.52 bits per heavy atom. The van der Waals surface area contributed by atoms with Crippen LogP contribution >= 0.6 is 0 Å². The van der Waals surface area contributed by atoms with Crippen molar-refractivity contribution in [3.05, 3.63) is 60.2 Å². The lowest BCUT2D eigenvalue weighted by atomic mass is 10.0. The number of hydrogen-bond donors (Lipinski definition) is 1. The summed E-state index contributed by atoms with van der Waals surface area (Å²) in [4.78, 5) is 1.50. The standard InChI is InChI=1S/C20H23F3N2/c21-20(22,23)15-25-10-9-17(14-25)13-24-12-16-5-4-8-19(11-16)18-6-2-1-3-7-18/h1-8,11,17,24H,9-10,12-15H2. The van der Waals surface area contributed by atoms with E-state index in [9.17, 15) is 13.2 Å². The van der Waals surface area contributed by atoms with Crippen LogP contribution in [0.2, 0.25) is 0 Å². The highest BCUT2D eigenvalue weighted by Crippen LogP contribution is 2.23. The molecular formula is C20H23F3N2. The highest BCUT2D eigenvalue weighted by atomic mass is 19.4. The predicted octanol–water partition coefficient (Wildman–Crippen LogP) is 4.33. The molecule has 0 aliphatic carbocycles. The minimum absolute atomic E-state index is 0.291. The first-order chi connectivity index (χ1) is 12.0. The van der Waals surface area contributed by atoms with Crippen LogP contribution in [0, 0.1) is 5.92 Å². The molecule has 1 heterocycles. The SMILES string of the molecule is FC(F)(F)CN1CCC(CNCc2cccc(-c3ccccc3)c2)C1. The zero-order chi connectivity index (χ0) is 17.7. The Bertz CT molecular complexity index is 670. The third-order valence-electron chi connectivity index (χ3n) is 4.57. The maximum absolute atomic E-state index is 12.4. The van der Waals surface area contributed by atoms with Gasteiger partial charge in [0, 0.05) is 13.1 Å². The van der Waals surface area contributed by atoms with Crippen LogP contribution in [0.3, 0.4) is 0 Å². The molecule has 134 valence electrons. The topological polar surface area (TPSA) is 15.3 Å². The monoisotopic (exact) mass is 348 g/mol. The normalized spacial score (nSPS) is 18.6. The van der Waals surface area contributed by atoms with Gasteiger partial charge in [-0.2, -0.15) is 13.2 Å². The van der Waals surface area contributed by atoms with Crippen LogP contribution in [-0.4, -0.2) is 37.3 Å². The number of hydrogen-bond acceptors (Lipinski definition) is 2. The van der Waals surface area contributed by atoms with Gasteiger partial charge >= 0.3 is 6.18 Å². The summed E-state index contributed by atoms with van der Waals surface area (Å²) in [6.07, 6.45) is -3.27. The Morgan fingerprint density at radius 1 is 1.00 bits per heavy atom. The smallest absolute Gasteiger partial charge is 0.312 e. The molecule has 5 heteroatoms. The van der Waals surface area contributed by atoms with E-state index in [1.165, 1.54) is 21.6 Å². The van der Waals surface area contributed by atoms with Gasteiger partial charge in [-0.25, -0.2) is 0 Å². The Kier molecular flexibility index (Phi) is 5.76. The number of nitrogens with one attached hydrogen (secondary N) is 1. The van der Waals surface area contributed by atoms with Gasteiger partial charge in [0.05, 0.1) is 6.54 Å². The van der Waals surface area contributed by atoms with Crippen molar-refractivity contribution in [3.63, 3.8) is 0 Å². The van der Waals surface area contributed by atoms with E-state index in [-0.39, 0.29) is 0 Å². The second-order valence-corrected chi connectivity index (χ2v) is 6.70. The third-order valence-corrected chi connectivity index (χ3v) is 4.57. The second kappa shape index (κ2) is 8.02. The fourth-order valence-corrected chi connectivity index (χ4v) is 3.39. The Balaban J connectivity index is 1.47. The third kappa shape index (κ3) is 5.58. The van der Waals surface area contributed by atoms with Gasteiger partial charge in [-0.1, -0.05) is 48.5 Å². The molecule has 1 saturated heterocycles. The van der Waals surface area contributed by atoms with Crippen LogP contribution in [0.25, 0.3) is 11.1 Å². The summed E-state index contributed by atoms with van der Waals surface area (Å²) in [6.45, 7) is 1.76. The number of rotatable bonds is 6. The molecule has 3 rings (SSSR count). The average Bonchev–Trinajstić information content (AvgIpc) is 3.01. The fraction of sp³-hybridized carbons (Fsp3) is 0.400. The lowest BCUT2D eigenvalue weighted by Gasteiger charge is -2.18. The van der Waals surface area contributed by atoms with Crippen LogP contribution in [0.5, 0.6) is 0 Å². The van der Waals surface area contributed by atoms with E-state index in [4.69, 9.17) is 0 Å². The first-order valence-corrected chi connectivity index (χ1v) is 8.64. The molecular weight excluding hydrogens is 325 g/mol. The average molecular weight is 348 g/mol. The maximum Gasteiger partial charge on any atom is 0.401 e. The predicted molar refractivity (Wildman–Crippen MR) is 94.2 cm³/mol. The first-order valence-electron chi connectivity index (χ1n) is 8.64. The Hall–Kier alpha value is -1.85. The van der Waals surface area contributed by atoms with Crippen molar-refractivity contribution in [2.24, 2.45) is 5.92 Å². The van der Waals surface area contributed by atoms with Gasteiger partial charge in [0.25, 0.3) is 0 Å². The molecule has 25 heavy (non-hydrogen) atoms.